The van der Waals surface area contributed by atoms with Crippen LogP contribution in [0.4, 0.5) is 13.2 Å². The van der Waals surface area contributed by atoms with Crippen molar-refractivity contribution >= 4 is 17.2 Å². The summed E-state index contributed by atoms with van der Waals surface area (Å²) in [4.78, 5) is 29.9. The van der Waals surface area contributed by atoms with Gasteiger partial charge in [0.1, 0.15) is 15.6 Å². The number of benzene rings is 1. The molecule has 4 heterocycles. The lowest BCUT2D eigenvalue weighted by molar-refractivity contribution is -0.141. The number of morpholine rings is 1. The Balaban J connectivity index is 1.36. The third-order valence-electron chi connectivity index (χ3n) is 7.59. The standard InChI is InChI=1S/C33H37F3N6O2S/c1-3-14-42(20-24-9-12-37-13-10-24)22-27-8-5-11-38-28(27)32-40-30(33(34,35)36)29(45-32)31(43)39-23(2)26-7-4-6-25(19-26)21-41-15-17-44-18-16-41/h4-13,19,23H,3,14-18,20-22H2,1-2H3,(H,39,43). The van der Waals surface area contributed by atoms with Gasteiger partial charge in [-0.1, -0.05) is 37.3 Å². The van der Waals surface area contributed by atoms with Gasteiger partial charge in [-0.15, -0.1) is 11.3 Å². The smallest absolute Gasteiger partial charge is 0.379 e. The first-order valence-electron chi connectivity index (χ1n) is 15.0. The number of rotatable bonds is 12. The first-order chi connectivity index (χ1) is 21.7. The molecule has 45 heavy (non-hydrogen) atoms. The van der Waals surface area contributed by atoms with Gasteiger partial charge < -0.3 is 10.1 Å². The number of amides is 1. The normalized spacial score (nSPS) is 14.9. The molecule has 1 unspecified atom stereocenters. The highest BCUT2D eigenvalue weighted by Gasteiger charge is 2.40. The molecule has 12 heteroatoms. The minimum Gasteiger partial charge on any atom is -0.379 e. The number of ether oxygens (including phenoxy) is 1. The molecule has 8 nitrogen and oxygen atoms in total. The average molecular weight is 639 g/mol. The average Bonchev–Trinajstić information content (AvgIpc) is 3.49. The van der Waals surface area contributed by atoms with Gasteiger partial charge in [0.15, 0.2) is 5.69 Å². The molecule has 1 amide bonds. The van der Waals surface area contributed by atoms with Crippen molar-refractivity contribution in [2.75, 3.05) is 32.8 Å². The first-order valence-corrected chi connectivity index (χ1v) is 15.9. The fraction of sp³-hybridized carbons (Fsp3) is 0.394. The van der Waals surface area contributed by atoms with Crippen LogP contribution in [0.1, 0.15) is 63.9 Å². The summed E-state index contributed by atoms with van der Waals surface area (Å²) in [6, 6.07) is 14.7. The van der Waals surface area contributed by atoms with E-state index in [1.807, 2.05) is 42.5 Å². The minimum atomic E-state index is -4.81. The second-order valence-electron chi connectivity index (χ2n) is 11.1. The van der Waals surface area contributed by atoms with E-state index in [-0.39, 0.29) is 5.01 Å². The summed E-state index contributed by atoms with van der Waals surface area (Å²) in [6.07, 6.45) is 1.09. The van der Waals surface area contributed by atoms with E-state index >= 15 is 0 Å². The summed E-state index contributed by atoms with van der Waals surface area (Å²) in [5.74, 6) is -0.820. The number of carbonyl (C=O) groups is 1. The van der Waals surface area contributed by atoms with E-state index in [1.165, 1.54) is 6.20 Å². The molecule has 0 radical (unpaired) electrons. The van der Waals surface area contributed by atoms with E-state index in [9.17, 15) is 18.0 Å². The van der Waals surface area contributed by atoms with Crippen LogP contribution in [0.3, 0.4) is 0 Å². The van der Waals surface area contributed by atoms with Crippen LogP contribution in [-0.2, 0) is 30.5 Å². The van der Waals surface area contributed by atoms with Crippen molar-refractivity contribution in [1.29, 1.82) is 0 Å². The highest BCUT2D eigenvalue weighted by atomic mass is 32.1. The number of aromatic nitrogens is 3. The van der Waals surface area contributed by atoms with Crippen molar-refractivity contribution in [1.82, 2.24) is 30.1 Å². The largest absolute Gasteiger partial charge is 0.435 e. The second-order valence-corrected chi connectivity index (χ2v) is 12.1. The maximum atomic E-state index is 14.2. The highest BCUT2D eigenvalue weighted by molar-refractivity contribution is 7.17. The first kappa shape index (κ1) is 32.7. The van der Waals surface area contributed by atoms with Gasteiger partial charge in [-0.2, -0.15) is 13.2 Å². The van der Waals surface area contributed by atoms with Crippen LogP contribution in [-0.4, -0.2) is 63.5 Å². The maximum Gasteiger partial charge on any atom is 0.435 e. The lowest BCUT2D eigenvalue weighted by Crippen LogP contribution is -2.35. The predicted octanol–water partition coefficient (Wildman–Crippen LogP) is 6.35. The fourth-order valence-corrected chi connectivity index (χ4v) is 6.39. The van der Waals surface area contributed by atoms with Crippen LogP contribution in [0.15, 0.2) is 67.1 Å². The zero-order valence-electron chi connectivity index (χ0n) is 25.4. The Bertz CT molecular complexity index is 1560. The molecule has 1 saturated heterocycles. The molecule has 0 aliphatic carbocycles. The molecular formula is C33H37F3N6O2S. The monoisotopic (exact) mass is 638 g/mol. The number of pyridine rings is 2. The van der Waals surface area contributed by atoms with E-state index in [4.69, 9.17) is 4.74 Å². The van der Waals surface area contributed by atoms with Crippen molar-refractivity contribution in [3.8, 4) is 10.7 Å². The quantitative estimate of drug-likeness (QED) is 0.194. The van der Waals surface area contributed by atoms with Crippen molar-refractivity contribution < 1.29 is 22.7 Å². The number of carbonyl (C=O) groups excluding carboxylic acids is 1. The summed E-state index contributed by atoms with van der Waals surface area (Å²) < 4.78 is 48.2. The minimum absolute atomic E-state index is 0.0589. The van der Waals surface area contributed by atoms with Crippen LogP contribution in [0, 0.1) is 0 Å². The maximum absolute atomic E-state index is 14.2. The van der Waals surface area contributed by atoms with Gasteiger partial charge in [0.25, 0.3) is 5.91 Å². The lowest BCUT2D eigenvalue weighted by Gasteiger charge is -2.27. The molecule has 1 N–H and O–H groups in total. The van der Waals surface area contributed by atoms with Crippen LogP contribution in [0.5, 0.6) is 0 Å². The summed E-state index contributed by atoms with van der Waals surface area (Å²) in [6.45, 7) is 9.51. The molecule has 3 aromatic heterocycles. The van der Waals surface area contributed by atoms with Crippen LogP contribution in [0.25, 0.3) is 10.7 Å². The van der Waals surface area contributed by atoms with Gasteiger partial charge in [-0.05, 0) is 60.3 Å². The lowest BCUT2D eigenvalue weighted by atomic mass is 10.0. The Morgan fingerprint density at radius 3 is 2.58 bits per heavy atom. The number of hydrogen-bond donors (Lipinski definition) is 1. The molecule has 1 aliphatic rings. The molecule has 1 aliphatic heterocycles. The third kappa shape index (κ3) is 8.72. The Morgan fingerprint density at radius 1 is 1.07 bits per heavy atom. The number of halogens is 3. The van der Waals surface area contributed by atoms with Crippen molar-refractivity contribution in [2.24, 2.45) is 0 Å². The molecule has 1 atom stereocenters. The zero-order valence-corrected chi connectivity index (χ0v) is 26.2. The second kappa shape index (κ2) is 15.0. The van der Waals surface area contributed by atoms with Crippen molar-refractivity contribution in [3.63, 3.8) is 0 Å². The van der Waals surface area contributed by atoms with E-state index in [1.54, 1.807) is 25.4 Å². The Kier molecular flexibility index (Phi) is 10.9. The molecular weight excluding hydrogens is 601 g/mol. The van der Waals surface area contributed by atoms with Crippen LogP contribution >= 0.6 is 11.3 Å². The van der Waals surface area contributed by atoms with Gasteiger partial charge in [0.2, 0.25) is 0 Å². The molecule has 0 saturated carbocycles. The summed E-state index contributed by atoms with van der Waals surface area (Å²) >= 11 is 0.719. The molecule has 5 rings (SSSR count). The third-order valence-corrected chi connectivity index (χ3v) is 8.65. The van der Waals surface area contributed by atoms with E-state index in [0.717, 1.165) is 66.2 Å². The Morgan fingerprint density at radius 2 is 1.84 bits per heavy atom. The molecule has 1 aromatic carbocycles. The highest BCUT2D eigenvalue weighted by Crippen LogP contribution is 2.38. The van der Waals surface area contributed by atoms with Crippen molar-refractivity contribution in [2.45, 2.75) is 52.1 Å². The van der Waals surface area contributed by atoms with Gasteiger partial charge in [-0.25, -0.2) is 4.98 Å². The molecule has 0 bridgehead atoms. The predicted molar refractivity (Wildman–Crippen MR) is 167 cm³/mol. The SMILES string of the molecule is CCCN(Cc1ccncc1)Cc1cccnc1-c1nc(C(F)(F)F)c(C(=O)NC(C)c2cccc(CN3CCOCC3)c2)s1. The van der Waals surface area contributed by atoms with E-state index in [2.05, 4.69) is 37.0 Å². The summed E-state index contributed by atoms with van der Waals surface area (Å²) in [7, 11) is 0. The topological polar surface area (TPSA) is 83.5 Å². The number of thiazole rings is 1. The van der Waals surface area contributed by atoms with Crippen LogP contribution in [0.2, 0.25) is 0 Å². The van der Waals surface area contributed by atoms with Gasteiger partial charge >= 0.3 is 6.18 Å². The molecule has 1 fully saturated rings. The van der Waals surface area contributed by atoms with Crippen LogP contribution < -0.4 is 5.32 Å². The van der Waals surface area contributed by atoms with E-state index in [0.29, 0.717) is 32.0 Å². The number of hydrogen-bond acceptors (Lipinski definition) is 8. The van der Waals surface area contributed by atoms with Gasteiger partial charge in [0, 0.05) is 51.3 Å². The summed E-state index contributed by atoms with van der Waals surface area (Å²) in [5.41, 5.74) is 2.83. The van der Waals surface area contributed by atoms with Gasteiger partial charge in [0.05, 0.1) is 19.3 Å². The fourth-order valence-electron chi connectivity index (χ4n) is 5.37. The molecule has 0 spiro atoms. The van der Waals surface area contributed by atoms with Gasteiger partial charge in [-0.3, -0.25) is 24.6 Å². The number of nitrogens with one attached hydrogen (secondary N) is 1. The Hall–Kier alpha value is -3.71. The number of nitrogens with zero attached hydrogens (tertiary/aromatic N) is 5. The van der Waals surface area contributed by atoms with Crippen molar-refractivity contribution in [3.05, 3.63) is 99.9 Å². The molecule has 4 aromatic rings. The zero-order chi connectivity index (χ0) is 31.8. The van der Waals surface area contributed by atoms with E-state index < -0.39 is 28.7 Å². The molecule has 238 valence electrons. The number of alkyl halides is 3. The Labute approximate surface area is 265 Å². The summed E-state index contributed by atoms with van der Waals surface area (Å²) in [5, 5.41) is 2.83.